The number of halogens is 1. The lowest BCUT2D eigenvalue weighted by molar-refractivity contribution is -0.113. The predicted molar refractivity (Wildman–Crippen MR) is 93.6 cm³/mol. The Morgan fingerprint density at radius 1 is 1.38 bits per heavy atom. The van der Waals surface area contributed by atoms with Gasteiger partial charge in [0.05, 0.1) is 12.1 Å². The first-order chi connectivity index (χ1) is 11.5. The minimum atomic E-state index is -0.647. The standard InChI is InChI=1S/C16H20ClN5O2/c1-4-22(6-5-17)11-8-10-12(7-9(11)2)21(3)14-13(18-10)15(23)20-16(24)19-14/h7-8,10,12H,4-6H2,1-3H3,(H,20,23,24). The van der Waals surface area contributed by atoms with Crippen molar-refractivity contribution in [2.45, 2.75) is 25.9 Å². The first kappa shape index (κ1) is 16.7. The van der Waals surface area contributed by atoms with Crippen LogP contribution in [0.3, 0.4) is 0 Å². The van der Waals surface area contributed by atoms with Crippen LogP contribution < -0.4 is 5.32 Å². The predicted octanol–water partition coefficient (Wildman–Crippen LogP) is 1.16. The third-order valence-electron chi connectivity index (χ3n) is 4.49. The highest BCUT2D eigenvalue weighted by atomic mass is 35.5. The molecule has 3 aliphatic rings. The van der Waals surface area contributed by atoms with Crippen molar-refractivity contribution in [1.82, 2.24) is 15.1 Å². The molecule has 8 heteroatoms. The number of urea groups is 1. The van der Waals surface area contributed by atoms with E-state index in [1.165, 1.54) is 0 Å². The highest BCUT2D eigenvalue weighted by Gasteiger charge is 2.40. The zero-order valence-electron chi connectivity index (χ0n) is 13.9. The van der Waals surface area contributed by atoms with E-state index < -0.39 is 11.9 Å². The van der Waals surface area contributed by atoms with Crippen LogP contribution in [0.5, 0.6) is 0 Å². The molecule has 0 saturated heterocycles. The maximum atomic E-state index is 12.1. The second-order valence-corrected chi connectivity index (χ2v) is 6.31. The molecule has 0 saturated carbocycles. The smallest absolute Gasteiger partial charge is 0.349 e. The van der Waals surface area contributed by atoms with E-state index in [9.17, 15) is 9.59 Å². The maximum Gasteiger partial charge on any atom is 0.349 e. The van der Waals surface area contributed by atoms with E-state index in [2.05, 4.69) is 39.3 Å². The molecular formula is C16H20ClN5O2. The number of nitrogens with zero attached hydrogens (tertiary/aromatic N) is 4. The van der Waals surface area contributed by atoms with Crippen LogP contribution in [0.15, 0.2) is 33.4 Å². The van der Waals surface area contributed by atoms with Gasteiger partial charge in [0, 0.05) is 31.7 Å². The summed E-state index contributed by atoms with van der Waals surface area (Å²) in [7, 11) is 1.83. The lowest BCUT2D eigenvalue weighted by Gasteiger charge is -2.41. The molecule has 0 aromatic heterocycles. The van der Waals surface area contributed by atoms with Crippen molar-refractivity contribution in [1.29, 1.82) is 0 Å². The zero-order chi connectivity index (χ0) is 17.4. The van der Waals surface area contributed by atoms with Crippen LogP contribution in [0.4, 0.5) is 4.79 Å². The molecule has 0 bridgehead atoms. The van der Waals surface area contributed by atoms with Gasteiger partial charge in [-0.05, 0) is 25.5 Å². The molecule has 3 rings (SSSR count). The molecule has 2 unspecified atom stereocenters. The Morgan fingerprint density at radius 2 is 2.12 bits per heavy atom. The number of aliphatic imine (C=N–C) groups is 2. The van der Waals surface area contributed by atoms with Gasteiger partial charge in [-0.3, -0.25) is 15.1 Å². The molecule has 0 radical (unpaired) electrons. The second kappa shape index (κ2) is 6.39. The fourth-order valence-corrected chi connectivity index (χ4v) is 3.48. The quantitative estimate of drug-likeness (QED) is 0.773. The van der Waals surface area contributed by atoms with E-state index in [1.54, 1.807) is 0 Å². The average Bonchev–Trinajstić information content (AvgIpc) is 2.54. The fraction of sp³-hybridized carbons (Fsp3) is 0.500. The zero-order valence-corrected chi connectivity index (χ0v) is 14.7. The Labute approximate surface area is 145 Å². The Balaban J connectivity index is 2.02. The van der Waals surface area contributed by atoms with Crippen LogP contribution in [-0.2, 0) is 4.79 Å². The molecular weight excluding hydrogens is 330 g/mol. The Kier molecular flexibility index (Phi) is 4.45. The lowest BCUT2D eigenvalue weighted by atomic mass is 9.92. The number of likely N-dealkylation sites (N-methyl/N-ethyl adjacent to an activating group) is 2. The van der Waals surface area contributed by atoms with E-state index in [0.29, 0.717) is 11.7 Å². The molecule has 0 aromatic carbocycles. The Hall–Kier alpha value is -2.15. The molecule has 3 amide bonds. The number of allylic oxidation sites excluding steroid dienone is 1. The first-order valence-corrected chi connectivity index (χ1v) is 8.46. The number of imide groups is 1. The molecule has 0 fully saturated rings. The molecule has 1 N–H and O–H groups in total. The van der Waals surface area contributed by atoms with Gasteiger partial charge in [-0.15, -0.1) is 11.6 Å². The maximum absolute atomic E-state index is 12.1. The Bertz CT molecular complexity index is 709. The number of hydrogen-bond donors (Lipinski definition) is 1. The van der Waals surface area contributed by atoms with E-state index in [0.717, 1.165) is 24.4 Å². The van der Waals surface area contributed by atoms with Gasteiger partial charge in [-0.2, -0.15) is 4.99 Å². The number of fused-ring (bicyclic) bond motifs is 2. The van der Waals surface area contributed by atoms with E-state index in [-0.39, 0.29) is 17.8 Å². The second-order valence-electron chi connectivity index (χ2n) is 5.93. The van der Waals surface area contributed by atoms with Gasteiger partial charge >= 0.3 is 6.03 Å². The molecule has 1 aliphatic carbocycles. The molecule has 128 valence electrons. The van der Waals surface area contributed by atoms with Crippen molar-refractivity contribution in [2.75, 3.05) is 26.0 Å². The van der Waals surface area contributed by atoms with Crippen LogP contribution in [0.1, 0.15) is 13.8 Å². The highest BCUT2D eigenvalue weighted by Crippen LogP contribution is 2.29. The number of nitrogens with one attached hydrogen (secondary N) is 1. The van der Waals surface area contributed by atoms with Gasteiger partial charge in [0.25, 0.3) is 5.91 Å². The highest BCUT2D eigenvalue weighted by molar-refractivity contribution is 6.69. The van der Waals surface area contributed by atoms with Gasteiger partial charge in [-0.25, -0.2) is 4.79 Å². The average molecular weight is 350 g/mol. The van der Waals surface area contributed by atoms with Crippen LogP contribution in [0.25, 0.3) is 0 Å². The number of amides is 3. The summed E-state index contributed by atoms with van der Waals surface area (Å²) < 4.78 is 0. The number of carbonyl (C=O) groups is 2. The minimum Gasteiger partial charge on any atom is -0.371 e. The van der Waals surface area contributed by atoms with Crippen molar-refractivity contribution < 1.29 is 9.59 Å². The normalized spacial score (nSPS) is 25.8. The van der Waals surface area contributed by atoms with E-state index in [1.807, 2.05) is 18.9 Å². The van der Waals surface area contributed by atoms with Crippen molar-refractivity contribution >= 4 is 35.1 Å². The number of amidine groups is 1. The topological polar surface area (TPSA) is 77.4 Å². The van der Waals surface area contributed by atoms with Gasteiger partial charge in [0.2, 0.25) is 0 Å². The molecule has 24 heavy (non-hydrogen) atoms. The molecule has 2 heterocycles. The summed E-state index contributed by atoms with van der Waals surface area (Å²) in [5, 5.41) is 2.18. The van der Waals surface area contributed by atoms with Crippen molar-refractivity contribution in [3.63, 3.8) is 0 Å². The van der Waals surface area contributed by atoms with Gasteiger partial charge in [-0.1, -0.05) is 6.08 Å². The summed E-state index contributed by atoms with van der Waals surface area (Å²) in [6.45, 7) is 5.72. The monoisotopic (exact) mass is 349 g/mol. The first-order valence-electron chi connectivity index (χ1n) is 7.92. The summed E-state index contributed by atoms with van der Waals surface area (Å²) in [5.41, 5.74) is 2.42. The molecule has 0 aromatic rings. The van der Waals surface area contributed by atoms with E-state index >= 15 is 0 Å². The lowest BCUT2D eigenvalue weighted by Crippen LogP contribution is -2.58. The van der Waals surface area contributed by atoms with Crippen LogP contribution >= 0.6 is 11.6 Å². The summed E-state index contributed by atoms with van der Waals surface area (Å²) in [6.07, 6.45) is 4.18. The minimum absolute atomic E-state index is 0.0651. The number of carbonyl (C=O) groups excluding carboxylic acids is 2. The number of alkyl halides is 1. The summed E-state index contributed by atoms with van der Waals surface area (Å²) in [6, 6.07) is -0.915. The SMILES string of the molecule is CCN(CCCl)C1=CC2N=C3C(=O)NC(=O)N=C3N(C)C2C=C1C. The van der Waals surface area contributed by atoms with Crippen LogP contribution in [0.2, 0.25) is 0 Å². The fourth-order valence-electron chi connectivity index (χ4n) is 3.28. The van der Waals surface area contributed by atoms with Crippen molar-refractivity contribution in [3.05, 3.63) is 23.4 Å². The molecule has 2 atom stereocenters. The molecule has 7 nitrogen and oxygen atoms in total. The van der Waals surface area contributed by atoms with Crippen LogP contribution in [-0.4, -0.2) is 71.4 Å². The van der Waals surface area contributed by atoms with Crippen LogP contribution in [0, 0.1) is 0 Å². The van der Waals surface area contributed by atoms with Crippen molar-refractivity contribution in [3.8, 4) is 0 Å². The largest absolute Gasteiger partial charge is 0.371 e. The van der Waals surface area contributed by atoms with Gasteiger partial charge in [0.1, 0.15) is 0 Å². The third kappa shape index (κ3) is 2.73. The molecule has 0 spiro atoms. The van der Waals surface area contributed by atoms with Gasteiger partial charge < -0.3 is 9.80 Å². The molecule has 2 aliphatic heterocycles. The third-order valence-corrected chi connectivity index (χ3v) is 4.66. The van der Waals surface area contributed by atoms with Gasteiger partial charge in [0.15, 0.2) is 11.5 Å². The van der Waals surface area contributed by atoms with Crippen molar-refractivity contribution in [2.24, 2.45) is 9.98 Å². The summed E-state index contributed by atoms with van der Waals surface area (Å²) in [4.78, 5) is 36.1. The number of hydrogen-bond acceptors (Lipinski definition) is 5. The summed E-state index contributed by atoms with van der Waals surface area (Å²) >= 11 is 5.90. The summed E-state index contributed by atoms with van der Waals surface area (Å²) in [5.74, 6) is 0.381. The number of rotatable bonds is 4. The Morgan fingerprint density at radius 3 is 2.79 bits per heavy atom. The van der Waals surface area contributed by atoms with E-state index in [4.69, 9.17) is 11.6 Å².